The van der Waals surface area contributed by atoms with Gasteiger partial charge in [0.25, 0.3) is 0 Å². The minimum absolute atomic E-state index is 0.103. The van der Waals surface area contributed by atoms with E-state index in [1.807, 2.05) is 85.8 Å². The van der Waals surface area contributed by atoms with Crippen molar-refractivity contribution in [3.63, 3.8) is 0 Å². The lowest BCUT2D eigenvalue weighted by Crippen LogP contribution is -2.53. The van der Waals surface area contributed by atoms with Gasteiger partial charge in [-0.1, -0.05) is 95.7 Å². The maximum atomic E-state index is 14.0. The summed E-state index contributed by atoms with van der Waals surface area (Å²) in [5, 5.41) is 4.65. The van der Waals surface area contributed by atoms with Crippen molar-refractivity contribution in [1.82, 2.24) is 14.5 Å². The largest absolute Gasteiger partial charge is 0.354 e. The van der Waals surface area contributed by atoms with Gasteiger partial charge in [-0.05, 0) is 52.6 Å². The number of likely N-dealkylation sites (N-methyl/N-ethyl adjacent to an activating group) is 1. The molecule has 0 heterocycles. The molecule has 4 aromatic rings. The van der Waals surface area contributed by atoms with Gasteiger partial charge in [-0.25, -0.2) is 8.42 Å². The summed E-state index contributed by atoms with van der Waals surface area (Å²) in [5.74, 6) is -0.747. The van der Waals surface area contributed by atoms with Crippen molar-refractivity contribution >= 4 is 48.5 Å². The second-order valence-electron chi connectivity index (χ2n) is 9.92. The summed E-state index contributed by atoms with van der Waals surface area (Å²) in [7, 11) is -2.59. The van der Waals surface area contributed by atoms with E-state index in [2.05, 4.69) is 21.2 Å². The number of halogens is 1. The van der Waals surface area contributed by atoms with Gasteiger partial charge in [0, 0.05) is 31.0 Å². The third kappa shape index (κ3) is 7.81. The summed E-state index contributed by atoms with van der Waals surface area (Å²) in [6.07, 6.45) is 1.04. The Bertz CT molecular complexity index is 1610. The van der Waals surface area contributed by atoms with E-state index in [1.165, 1.54) is 11.9 Å². The lowest BCUT2D eigenvalue weighted by molar-refractivity contribution is -0.141. The zero-order chi connectivity index (χ0) is 29.4. The lowest BCUT2D eigenvalue weighted by Gasteiger charge is -2.32. The van der Waals surface area contributed by atoms with Gasteiger partial charge >= 0.3 is 0 Å². The molecule has 0 radical (unpaired) electrons. The number of sulfonamides is 1. The number of nitrogens with zero attached hydrogens (tertiary/aromatic N) is 2. The molecular formula is C32H34BrN3O4S. The standard InChI is InChI=1S/C32H34BrN3O4S/c1-3-18-34-32(38)30(20-24-10-5-4-6-11-24)36(22-25-12-9-15-28(33)19-25)31(37)23-35(2)41(39,40)29-17-16-26-13-7-8-14-27(26)21-29/h4-17,19,21,30H,3,18,20,22-23H2,1-2H3,(H,34,38)/t30-/m0/s1. The fourth-order valence-corrected chi connectivity index (χ4v) is 6.23. The number of carbonyl (C=O) groups is 2. The average Bonchev–Trinajstić information content (AvgIpc) is 2.97. The number of hydrogen-bond acceptors (Lipinski definition) is 4. The summed E-state index contributed by atoms with van der Waals surface area (Å²) < 4.78 is 29.0. The summed E-state index contributed by atoms with van der Waals surface area (Å²) in [6.45, 7) is 2.15. The average molecular weight is 637 g/mol. The number of carbonyl (C=O) groups excluding carboxylic acids is 2. The molecule has 1 atom stereocenters. The van der Waals surface area contributed by atoms with Crippen molar-refractivity contribution in [2.24, 2.45) is 0 Å². The number of nitrogens with one attached hydrogen (secondary N) is 1. The fourth-order valence-electron chi connectivity index (χ4n) is 4.63. The van der Waals surface area contributed by atoms with E-state index in [4.69, 9.17) is 0 Å². The molecule has 0 unspecified atom stereocenters. The number of amides is 2. The van der Waals surface area contributed by atoms with E-state index in [9.17, 15) is 18.0 Å². The molecule has 7 nitrogen and oxygen atoms in total. The molecule has 4 rings (SSSR count). The normalized spacial score (nSPS) is 12.3. The molecule has 214 valence electrons. The van der Waals surface area contributed by atoms with Gasteiger partial charge in [-0.15, -0.1) is 0 Å². The fraction of sp³-hybridized carbons (Fsp3) is 0.250. The molecule has 0 aliphatic heterocycles. The van der Waals surface area contributed by atoms with Gasteiger partial charge in [-0.3, -0.25) is 9.59 Å². The second-order valence-corrected chi connectivity index (χ2v) is 12.9. The molecule has 0 bridgehead atoms. The Morgan fingerprint density at radius 2 is 1.54 bits per heavy atom. The quantitative estimate of drug-likeness (QED) is 0.226. The molecule has 41 heavy (non-hydrogen) atoms. The summed E-state index contributed by atoms with van der Waals surface area (Å²) in [5.41, 5.74) is 1.71. The minimum Gasteiger partial charge on any atom is -0.354 e. The van der Waals surface area contributed by atoms with Gasteiger partial charge in [0.1, 0.15) is 6.04 Å². The number of fused-ring (bicyclic) bond motifs is 1. The molecule has 2 amide bonds. The molecule has 4 aromatic carbocycles. The molecule has 1 N–H and O–H groups in total. The van der Waals surface area contributed by atoms with Crippen molar-refractivity contribution in [1.29, 1.82) is 0 Å². The van der Waals surface area contributed by atoms with E-state index in [0.717, 1.165) is 37.1 Å². The number of rotatable bonds is 12. The van der Waals surface area contributed by atoms with Crippen LogP contribution in [0.5, 0.6) is 0 Å². The Labute approximate surface area is 250 Å². The Balaban J connectivity index is 1.66. The van der Waals surface area contributed by atoms with Crippen molar-refractivity contribution in [2.45, 2.75) is 37.2 Å². The van der Waals surface area contributed by atoms with Gasteiger partial charge in [0.05, 0.1) is 11.4 Å². The molecule has 0 aliphatic rings. The van der Waals surface area contributed by atoms with Gasteiger partial charge in [0.2, 0.25) is 21.8 Å². The zero-order valence-corrected chi connectivity index (χ0v) is 25.6. The van der Waals surface area contributed by atoms with Gasteiger partial charge in [0.15, 0.2) is 0 Å². The monoisotopic (exact) mass is 635 g/mol. The third-order valence-electron chi connectivity index (χ3n) is 6.85. The van der Waals surface area contributed by atoms with Crippen LogP contribution >= 0.6 is 15.9 Å². The van der Waals surface area contributed by atoms with E-state index >= 15 is 0 Å². The Hall–Kier alpha value is -3.53. The van der Waals surface area contributed by atoms with Crippen molar-refractivity contribution in [2.75, 3.05) is 20.1 Å². The Kier molecular flexibility index (Phi) is 10.3. The Morgan fingerprint density at radius 3 is 2.24 bits per heavy atom. The number of hydrogen-bond donors (Lipinski definition) is 1. The van der Waals surface area contributed by atoms with Crippen LogP contribution < -0.4 is 5.32 Å². The summed E-state index contributed by atoms with van der Waals surface area (Å²) in [4.78, 5) is 29.1. The molecule has 0 fully saturated rings. The highest BCUT2D eigenvalue weighted by molar-refractivity contribution is 9.10. The van der Waals surface area contributed by atoms with Crippen LogP contribution in [0.15, 0.2) is 106 Å². The Morgan fingerprint density at radius 1 is 0.854 bits per heavy atom. The molecule has 0 spiro atoms. The van der Waals surface area contributed by atoms with E-state index < -0.39 is 28.5 Å². The number of benzene rings is 4. The highest BCUT2D eigenvalue weighted by Crippen LogP contribution is 2.23. The topological polar surface area (TPSA) is 86.8 Å². The second kappa shape index (κ2) is 13.9. The summed E-state index contributed by atoms with van der Waals surface area (Å²) in [6, 6.07) is 28.6. The van der Waals surface area contributed by atoms with E-state index in [-0.39, 0.29) is 23.8 Å². The summed E-state index contributed by atoms with van der Waals surface area (Å²) >= 11 is 3.48. The zero-order valence-electron chi connectivity index (χ0n) is 23.2. The van der Waals surface area contributed by atoms with E-state index in [1.54, 1.807) is 18.2 Å². The van der Waals surface area contributed by atoms with Crippen molar-refractivity contribution in [3.05, 3.63) is 113 Å². The predicted molar refractivity (Wildman–Crippen MR) is 166 cm³/mol. The maximum absolute atomic E-state index is 14.0. The highest BCUT2D eigenvalue weighted by atomic mass is 79.9. The molecule has 0 saturated carbocycles. The minimum atomic E-state index is -3.98. The van der Waals surface area contributed by atoms with Crippen LogP contribution in [-0.2, 0) is 32.6 Å². The van der Waals surface area contributed by atoms with Crippen LogP contribution in [0.2, 0.25) is 0 Å². The van der Waals surface area contributed by atoms with Gasteiger partial charge < -0.3 is 10.2 Å². The SMILES string of the molecule is CCCNC(=O)[C@H](Cc1ccccc1)N(Cc1cccc(Br)c1)C(=O)CN(C)S(=O)(=O)c1ccc2ccccc2c1. The van der Waals surface area contributed by atoms with Crippen LogP contribution in [0.4, 0.5) is 0 Å². The molecule has 0 aromatic heterocycles. The molecule has 9 heteroatoms. The molecule has 0 saturated heterocycles. The maximum Gasteiger partial charge on any atom is 0.243 e. The predicted octanol–water partition coefficient (Wildman–Crippen LogP) is 5.39. The first-order valence-electron chi connectivity index (χ1n) is 13.5. The van der Waals surface area contributed by atoms with Crippen LogP contribution in [0.1, 0.15) is 24.5 Å². The highest BCUT2D eigenvalue weighted by Gasteiger charge is 2.33. The third-order valence-corrected chi connectivity index (χ3v) is 9.14. The van der Waals surface area contributed by atoms with Gasteiger partial charge in [-0.2, -0.15) is 4.31 Å². The first-order chi connectivity index (χ1) is 19.7. The first-order valence-corrected chi connectivity index (χ1v) is 15.7. The first kappa shape index (κ1) is 30.4. The van der Waals surface area contributed by atoms with Crippen molar-refractivity contribution in [3.8, 4) is 0 Å². The van der Waals surface area contributed by atoms with Crippen LogP contribution in [0.25, 0.3) is 10.8 Å². The van der Waals surface area contributed by atoms with E-state index in [0.29, 0.717) is 6.54 Å². The van der Waals surface area contributed by atoms with Crippen LogP contribution in [0, 0.1) is 0 Å². The smallest absolute Gasteiger partial charge is 0.243 e. The van der Waals surface area contributed by atoms with Crippen molar-refractivity contribution < 1.29 is 18.0 Å². The van der Waals surface area contributed by atoms with Crippen LogP contribution in [0.3, 0.4) is 0 Å². The lowest BCUT2D eigenvalue weighted by atomic mass is 10.0. The molecular weight excluding hydrogens is 602 g/mol. The molecule has 0 aliphatic carbocycles. The van der Waals surface area contributed by atoms with Crippen LogP contribution in [-0.4, -0.2) is 55.6 Å².